The Hall–Kier alpha value is -2.15. The van der Waals surface area contributed by atoms with E-state index in [0.29, 0.717) is 12.0 Å². The molecule has 2 heterocycles. The quantitative estimate of drug-likeness (QED) is 0.918. The summed E-state index contributed by atoms with van der Waals surface area (Å²) in [7, 11) is -3.05. The lowest BCUT2D eigenvalue weighted by atomic mass is 10.0. The molecule has 1 amide bonds. The highest BCUT2D eigenvalue weighted by molar-refractivity contribution is 7.91. The Kier molecular flexibility index (Phi) is 3.99. The van der Waals surface area contributed by atoms with Gasteiger partial charge in [0.05, 0.1) is 28.4 Å². The average molecular weight is 347 g/mol. The smallest absolute Gasteiger partial charge is 0.251 e. The third-order valence-electron chi connectivity index (χ3n) is 4.30. The predicted octanol–water partition coefficient (Wildman–Crippen LogP) is 1.80. The number of amides is 1. The summed E-state index contributed by atoms with van der Waals surface area (Å²) in [5, 5.41) is 7.28. The topological polar surface area (TPSA) is 81.1 Å². The lowest BCUT2D eigenvalue weighted by molar-refractivity contribution is 0.0915. The van der Waals surface area contributed by atoms with Crippen molar-refractivity contribution in [2.75, 3.05) is 11.5 Å². The summed E-state index contributed by atoms with van der Waals surface area (Å²) < 4.78 is 25.1. The number of carbonyl (C=O) groups is 1. The molecule has 1 atom stereocenters. The number of hydrogen-bond donors (Lipinski definition) is 1. The van der Waals surface area contributed by atoms with Gasteiger partial charge in [-0.05, 0) is 57.5 Å². The van der Waals surface area contributed by atoms with Gasteiger partial charge in [-0.15, -0.1) is 0 Å². The molecule has 1 fully saturated rings. The Morgan fingerprint density at radius 2 is 1.92 bits per heavy atom. The van der Waals surface area contributed by atoms with Gasteiger partial charge < -0.3 is 5.32 Å². The molecule has 2 aromatic rings. The van der Waals surface area contributed by atoms with Crippen LogP contribution in [-0.4, -0.2) is 41.2 Å². The first-order valence-corrected chi connectivity index (χ1v) is 9.66. The standard InChI is InChI=1S/C17H21N3O3S/c1-12-10-13(2)20(19-12)15-6-4-14(5-7-15)16(21)18-17(3)8-9-24(22,23)11-17/h4-7,10H,8-9,11H2,1-3H3,(H,18,21)/t17-/m1/s1. The van der Waals surface area contributed by atoms with Crippen LogP contribution in [-0.2, 0) is 9.84 Å². The molecule has 1 aliphatic heterocycles. The summed E-state index contributed by atoms with van der Waals surface area (Å²) in [5.41, 5.74) is 2.65. The maximum atomic E-state index is 12.4. The number of carbonyl (C=O) groups excluding carboxylic acids is 1. The van der Waals surface area contributed by atoms with E-state index in [0.717, 1.165) is 17.1 Å². The fourth-order valence-electron chi connectivity index (χ4n) is 3.10. The second-order valence-electron chi connectivity index (χ2n) is 6.74. The van der Waals surface area contributed by atoms with Crippen LogP contribution in [0.15, 0.2) is 30.3 Å². The van der Waals surface area contributed by atoms with Gasteiger partial charge in [-0.2, -0.15) is 5.10 Å². The van der Waals surface area contributed by atoms with Crippen molar-refractivity contribution in [2.24, 2.45) is 0 Å². The predicted molar refractivity (Wildman–Crippen MR) is 92.2 cm³/mol. The number of nitrogens with zero attached hydrogens (tertiary/aromatic N) is 2. The van der Waals surface area contributed by atoms with Crippen LogP contribution in [0.1, 0.15) is 35.1 Å². The first kappa shape index (κ1) is 16.7. The normalized spacial score (nSPS) is 22.5. The van der Waals surface area contributed by atoms with E-state index in [4.69, 9.17) is 0 Å². The molecule has 24 heavy (non-hydrogen) atoms. The monoisotopic (exact) mass is 347 g/mol. The van der Waals surface area contributed by atoms with Crippen molar-refractivity contribution >= 4 is 15.7 Å². The number of hydrogen-bond acceptors (Lipinski definition) is 4. The molecule has 0 unspecified atom stereocenters. The largest absolute Gasteiger partial charge is 0.346 e. The zero-order valence-electron chi connectivity index (χ0n) is 14.0. The molecule has 1 aromatic carbocycles. The number of aryl methyl sites for hydroxylation is 2. The highest BCUT2D eigenvalue weighted by Crippen LogP contribution is 2.23. The van der Waals surface area contributed by atoms with Gasteiger partial charge in [0.2, 0.25) is 0 Å². The van der Waals surface area contributed by atoms with Crippen LogP contribution >= 0.6 is 0 Å². The molecule has 3 rings (SSSR count). The number of rotatable bonds is 3. The molecule has 1 aromatic heterocycles. The van der Waals surface area contributed by atoms with Crippen molar-refractivity contribution in [3.63, 3.8) is 0 Å². The minimum atomic E-state index is -3.05. The van der Waals surface area contributed by atoms with Gasteiger partial charge in [-0.1, -0.05) is 0 Å². The van der Waals surface area contributed by atoms with E-state index in [1.807, 2.05) is 36.7 Å². The fraction of sp³-hybridized carbons (Fsp3) is 0.412. The molecule has 1 N–H and O–H groups in total. The molecule has 128 valence electrons. The molecular weight excluding hydrogens is 326 g/mol. The van der Waals surface area contributed by atoms with Gasteiger partial charge in [-0.25, -0.2) is 13.1 Å². The van der Waals surface area contributed by atoms with Crippen molar-refractivity contribution in [3.8, 4) is 5.69 Å². The lowest BCUT2D eigenvalue weighted by Gasteiger charge is -2.23. The Morgan fingerprint density at radius 3 is 2.42 bits per heavy atom. The third-order valence-corrected chi connectivity index (χ3v) is 6.21. The van der Waals surface area contributed by atoms with E-state index in [-0.39, 0.29) is 17.4 Å². The van der Waals surface area contributed by atoms with Crippen LogP contribution in [0.2, 0.25) is 0 Å². The second-order valence-corrected chi connectivity index (χ2v) is 8.93. The summed E-state index contributed by atoms with van der Waals surface area (Å²) in [6, 6.07) is 9.12. The lowest BCUT2D eigenvalue weighted by Crippen LogP contribution is -2.46. The molecule has 1 aliphatic rings. The summed E-state index contributed by atoms with van der Waals surface area (Å²) in [6.07, 6.45) is 0.449. The Morgan fingerprint density at radius 1 is 1.25 bits per heavy atom. The van der Waals surface area contributed by atoms with Crippen LogP contribution in [0, 0.1) is 13.8 Å². The Labute approximate surface area is 141 Å². The van der Waals surface area contributed by atoms with E-state index in [1.165, 1.54) is 0 Å². The molecule has 0 radical (unpaired) electrons. The minimum absolute atomic E-state index is 0.00438. The van der Waals surface area contributed by atoms with Crippen LogP contribution in [0.25, 0.3) is 5.69 Å². The molecule has 0 saturated carbocycles. The van der Waals surface area contributed by atoms with E-state index in [1.54, 1.807) is 19.1 Å². The van der Waals surface area contributed by atoms with Crippen molar-refractivity contribution < 1.29 is 13.2 Å². The maximum absolute atomic E-state index is 12.4. The summed E-state index contributed by atoms with van der Waals surface area (Å²) in [6.45, 7) is 5.68. The van der Waals surface area contributed by atoms with E-state index in [9.17, 15) is 13.2 Å². The number of sulfone groups is 1. The molecule has 0 aliphatic carbocycles. The summed E-state index contributed by atoms with van der Waals surface area (Å²) >= 11 is 0. The first-order chi connectivity index (χ1) is 11.2. The van der Waals surface area contributed by atoms with Gasteiger partial charge in [0, 0.05) is 11.3 Å². The van der Waals surface area contributed by atoms with Crippen molar-refractivity contribution in [1.29, 1.82) is 0 Å². The number of nitrogens with one attached hydrogen (secondary N) is 1. The van der Waals surface area contributed by atoms with Crippen LogP contribution in [0.5, 0.6) is 0 Å². The summed E-state index contributed by atoms with van der Waals surface area (Å²) in [4.78, 5) is 12.4. The minimum Gasteiger partial charge on any atom is -0.346 e. The molecule has 1 saturated heterocycles. The third kappa shape index (κ3) is 3.36. The average Bonchev–Trinajstić information content (AvgIpc) is 2.97. The fourth-order valence-corrected chi connectivity index (χ4v) is 5.19. The van der Waals surface area contributed by atoms with Gasteiger partial charge in [0.25, 0.3) is 5.91 Å². The van der Waals surface area contributed by atoms with Crippen molar-refractivity contribution in [2.45, 2.75) is 32.7 Å². The van der Waals surface area contributed by atoms with Crippen molar-refractivity contribution in [3.05, 3.63) is 47.3 Å². The SMILES string of the molecule is Cc1cc(C)n(-c2ccc(C(=O)N[C@]3(C)CCS(=O)(=O)C3)cc2)n1. The summed E-state index contributed by atoms with van der Waals surface area (Å²) in [5.74, 6) is -0.134. The Bertz CT molecular complexity index is 884. The highest BCUT2D eigenvalue weighted by atomic mass is 32.2. The second kappa shape index (κ2) is 5.73. The van der Waals surface area contributed by atoms with Gasteiger partial charge in [0.1, 0.15) is 0 Å². The molecule has 6 nitrogen and oxygen atoms in total. The highest BCUT2D eigenvalue weighted by Gasteiger charge is 2.39. The van der Waals surface area contributed by atoms with Crippen molar-refractivity contribution in [1.82, 2.24) is 15.1 Å². The molecule has 7 heteroatoms. The molecule has 0 spiro atoms. The zero-order valence-corrected chi connectivity index (χ0v) is 14.9. The Balaban J connectivity index is 1.76. The van der Waals surface area contributed by atoms with Gasteiger partial charge in [0.15, 0.2) is 9.84 Å². The number of benzene rings is 1. The molecular formula is C17H21N3O3S. The first-order valence-electron chi connectivity index (χ1n) is 7.84. The van der Waals surface area contributed by atoms with E-state index in [2.05, 4.69) is 10.4 Å². The van der Waals surface area contributed by atoms with E-state index >= 15 is 0 Å². The maximum Gasteiger partial charge on any atom is 0.251 e. The number of aromatic nitrogens is 2. The van der Waals surface area contributed by atoms with Crippen LogP contribution in [0.4, 0.5) is 0 Å². The molecule has 0 bridgehead atoms. The zero-order chi connectivity index (χ0) is 17.5. The van der Waals surface area contributed by atoms with Gasteiger partial charge in [-0.3, -0.25) is 4.79 Å². The van der Waals surface area contributed by atoms with Crippen LogP contribution in [0.3, 0.4) is 0 Å². The van der Waals surface area contributed by atoms with Crippen LogP contribution < -0.4 is 5.32 Å². The van der Waals surface area contributed by atoms with E-state index < -0.39 is 15.4 Å². The van der Waals surface area contributed by atoms with Gasteiger partial charge >= 0.3 is 0 Å².